The molecule has 2 fully saturated rings. The highest BCUT2D eigenvalue weighted by Crippen LogP contribution is 2.36. The van der Waals surface area contributed by atoms with Gasteiger partial charge in [0.05, 0.1) is 11.1 Å². The van der Waals surface area contributed by atoms with Crippen molar-refractivity contribution in [1.29, 1.82) is 5.26 Å². The maximum atomic E-state index is 9.59. The molecule has 0 radical (unpaired) electrons. The van der Waals surface area contributed by atoms with E-state index in [4.69, 9.17) is 0 Å². The molecule has 3 heteroatoms. The van der Waals surface area contributed by atoms with Gasteiger partial charge in [0.2, 0.25) is 0 Å². The van der Waals surface area contributed by atoms with Crippen LogP contribution in [0.2, 0.25) is 0 Å². The molecule has 0 aromatic carbocycles. The number of pyridine rings is 1. The van der Waals surface area contributed by atoms with E-state index in [-0.39, 0.29) is 0 Å². The van der Waals surface area contributed by atoms with Crippen molar-refractivity contribution < 1.29 is 0 Å². The van der Waals surface area contributed by atoms with E-state index < -0.39 is 0 Å². The molecule has 2 atom stereocenters. The van der Waals surface area contributed by atoms with Gasteiger partial charge in [0.25, 0.3) is 0 Å². The summed E-state index contributed by atoms with van der Waals surface area (Å²) in [5.41, 5.74) is 3.09. The summed E-state index contributed by atoms with van der Waals surface area (Å²) in [4.78, 5) is 2.66. The number of likely N-dealkylation sites (tertiary alicyclic amines) is 1. The maximum absolute atomic E-state index is 9.59. The molecule has 2 aromatic rings. The Hall–Kier alpha value is -1.79. The van der Waals surface area contributed by atoms with Crippen LogP contribution in [0.5, 0.6) is 0 Å². The van der Waals surface area contributed by atoms with Gasteiger partial charge >= 0.3 is 0 Å². The van der Waals surface area contributed by atoms with Gasteiger partial charge in [-0.2, -0.15) is 5.26 Å². The van der Waals surface area contributed by atoms with Gasteiger partial charge < -0.3 is 4.40 Å². The molecule has 4 rings (SSSR count). The van der Waals surface area contributed by atoms with Crippen LogP contribution < -0.4 is 0 Å². The van der Waals surface area contributed by atoms with Crippen molar-refractivity contribution in [2.24, 2.45) is 5.92 Å². The molecule has 2 aliphatic rings. The number of fused-ring (bicyclic) bond motifs is 2. The van der Waals surface area contributed by atoms with Crippen LogP contribution in [0.25, 0.3) is 5.52 Å². The van der Waals surface area contributed by atoms with Crippen molar-refractivity contribution in [2.75, 3.05) is 6.54 Å². The molecule has 0 bridgehead atoms. The smallest absolute Gasteiger partial charge is 0.102 e. The Labute approximate surface area is 132 Å². The lowest BCUT2D eigenvalue weighted by atomic mass is 9.78. The lowest BCUT2D eigenvalue weighted by Gasteiger charge is -2.44. The van der Waals surface area contributed by atoms with Crippen molar-refractivity contribution in [3.63, 3.8) is 0 Å². The molecule has 0 unspecified atom stereocenters. The van der Waals surface area contributed by atoms with Gasteiger partial charge in [-0.15, -0.1) is 0 Å². The summed E-state index contributed by atoms with van der Waals surface area (Å²) in [6, 6.07) is 9.26. The molecule has 0 N–H and O–H groups in total. The van der Waals surface area contributed by atoms with Gasteiger partial charge in [0.1, 0.15) is 6.07 Å². The minimum Gasteiger partial charge on any atom is -0.322 e. The fourth-order valence-electron chi connectivity index (χ4n) is 4.57. The number of nitriles is 1. The van der Waals surface area contributed by atoms with Crippen LogP contribution in [0, 0.1) is 17.2 Å². The number of hydrogen-bond donors (Lipinski definition) is 0. The topological polar surface area (TPSA) is 31.4 Å². The minimum absolute atomic E-state index is 0.747. The summed E-state index contributed by atoms with van der Waals surface area (Å²) in [5, 5.41) is 9.59. The van der Waals surface area contributed by atoms with E-state index in [1.807, 2.05) is 24.4 Å². The molecule has 1 saturated carbocycles. The van der Waals surface area contributed by atoms with Crippen molar-refractivity contribution in [1.82, 2.24) is 9.30 Å². The second-order valence-corrected chi connectivity index (χ2v) is 6.86. The number of piperidine rings is 1. The van der Waals surface area contributed by atoms with Crippen molar-refractivity contribution >= 4 is 5.52 Å². The molecule has 1 aliphatic carbocycles. The zero-order chi connectivity index (χ0) is 14.9. The Balaban J connectivity index is 1.64. The Kier molecular flexibility index (Phi) is 3.63. The Morgan fingerprint density at radius 1 is 1.14 bits per heavy atom. The van der Waals surface area contributed by atoms with Gasteiger partial charge in [-0.25, -0.2) is 0 Å². The number of aromatic nitrogens is 1. The third-order valence-corrected chi connectivity index (χ3v) is 5.61. The monoisotopic (exact) mass is 293 g/mol. The first kappa shape index (κ1) is 13.8. The van der Waals surface area contributed by atoms with E-state index >= 15 is 0 Å². The van der Waals surface area contributed by atoms with E-state index in [1.54, 1.807) is 0 Å². The Morgan fingerprint density at radius 2 is 2.00 bits per heavy atom. The van der Waals surface area contributed by atoms with Crippen LogP contribution in [-0.2, 0) is 6.54 Å². The highest BCUT2D eigenvalue weighted by Gasteiger charge is 2.33. The highest BCUT2D eigenvalue weighted by molar-refractivity contribution is 5.65. The molecular weight excluding hydrogens is 270 g/mol. The summed E-state index contributed by atoms with van der Waals surface area (Å²) < 4.78 is 2.09. The average Bonchev–Trinajstić information content (AvgIpc) is 2.92. The molecule has 2 aromatic heterocycles. The largest absolute Gasteiger partial charge is 0.322 e. The first-order valence-corrected chi connectivity index (χ1v) is 8.59. The summed E-state index contributed by atoms with van der Waals surface area (Å²) in [6.07, 6.45) is 12.5. The SMILES string of the molecule is N#Cc1c(CN2CCC[C@H]3CCCC[C@@H]32)cn2ccccc12. The predicted molar refractivity (Wildman–Crippen MR) is 87.5 cm³/mol. The van der Waals surface area contributed by atoms with Gasteiger partial charge in [0.15, 0.2) is 0 Å². The van der Waals surface area contributed by atoms with E-state index in [9.17, 15) is 5.26 Å². The number of hydrogen-bond acceptors (Lipinski definition) is 2. The molecule has 3 nitrogen and oxygen atoms in total. The molecular formula is C19H23N3. The molecule has 0 amide bonds. The van der Waals surface area contributed by atoms with Gasteiger partial charge in [-0.3, -0.25) is 4.90 Å². The van der Waals surface area contributed by atoms with Gasteiger partial charge in [-0.1, -0.05) is 18.9 Å². The van der Waals surface area contributed by atoms with Gasteiger partial charge in [-0.05, 0) is 50.3 Å². The summed E-state index contributed by atoms with van der Waals surface area (Å²) in [5.74, 6) is 0.894. The van der Waals surface area contributed by atoms with Crippen LogP contribution in [-0.4, -0.2) is 21.9 Å². The predicted octanol–water partition coefficient (Wildman–Crippen LogP) is 3.97. The summed E-state index contributed by atoms with van der Waals surface area (Å²) >= 11 is 0. The van der Waals surface area contributed by atoms with Crippen molar-refractivity contribution in [3.8, 4) is 6.07 Å². The molecule has 3 heterocycles. The molecule has 1 aliphatic heterocycles. The van der Waals surface area contributed by atoms with E-state index in [0.29, 0.717) is 0 Å². The lowest BCUT2D eigenvalue weighted by molar-refractivity contribution is 0.0547. The first-order valence-electron chi connectivity index (χ1n) is 8.59. The van der Waals surface area contributed by atoms with Gasteiger partial charge in [0, 0.05) is 30.5 Å². The van der Waals surface area contributed by atoms with Crippen LogP contribution in [0.4, 0.5) is 0 Å². The standard InChI is InChI=1S/C19H23N3/c20-12-17-16(14-22-10-4-3-9-19(17)22)13-21-11-5-7-15-6-1-2-8-18(15)21/h3-4,9-10,14-15,18H,1-2,5-8,11,13H2/t15-,18+/m1/s1. The van der Waals surface area contributed by atoms with E-state index in [0.717, 1.165) is 29.6 Å². The van der Waals surface area contributed by atoms with Crippen LogP contribution in [0.15, 0.2) is 30.6 Å². The van der Waals surface area contributed by atoms with E-state index in [1.165, 1.54) is 50.6 Å². The van der Waals surface area contributed by atoms with E-state index in [2.05, 4.69) is 21.6 Å². The lowest BCUT2D eigenvalue weighted by Crippen LogP contribution is -2.46. The molecule has 0 spiro atoms. The normalized spacial score (nSPS) is 25.8. The molecule has 114 valence electrons. The summed E-state index contributed by atoms with van der Waals surface area (Å²) in [6.45, 7) is 2.13. The summed E-state index contributed by atoms with van der Waals surface area (Å²) in [7, 11) is 0. The van der Waals surface area contributed by atoms with Crippen LogP contribution >= 0.6 is 0 Å². The molecule has 22 heavy (non-hydrogen) atoms. The van der Waals surface area contributed by atoms with Crippen LogP contribution in [0.1, 0.15) is 49.7 Å². The number of nitrogens with zero attached hydrogens (tertiary/aromatic N) is 3. The maximum Gasteiger partial charge on any atom is 0.102 e. The average molecular weight is 293 g/mol. The zero-order valence-electron chi connectivity index (χ0n) is 13.0. The quantitative estimate of drug-likeness (QED) is 0.839. The first-order chi connectivity index (χ1) is 10.9. The third kappa shape index (κ3) is 2.32. The Bertz CT molecular complexity index is 707. The van der Waals surface area contributed by atoms with Crippen LogP contribution in [0.3, 0.4) is 0 Å². The zero-order valence-corrected chi connectivity index (χ0v) is 13.0. The fraction of sp³-hybridized carbons (Fsp3) is 0.526. The second-order valence-electron chi connectivity index (χ2n) is 6.86. The minimum atomic E-state index is 0.747. The third-order valence-electron chi connectivity index (χ3n) is 5.61. The fourth-order valence-corrected chi connectivity index (χ4v) is 4.57. The molecule has 1 saturated heterocycles. The number of rotatable bonds is 2. The Morgan fingerprint density at radius 3 is 2.91 bits per heavy atom. The second kappa shape index (κ2) is 5.78. The highest BCUT2D eigenvalue weighted by atomic mass is 15.2. The van der Waals surface area contributed by atoms with Crippen molar-refractivity contribution in [3.05, 3.63) is 41.7 Å². The van der Waals surface area contributed by atoms with Crippen molar-refractivity contribution in [2.45, 2.75) is 51.1 Å².